The molecule has 0 aromatic rings. The number of carbonyl (C=O) groups excluding carboxylic acids is 3. The summed E-state index contributed by atoms with van der Waals surface area (Å²) >= 11 is 1.67. The largest absolute Gasteiger partial charge is 0.467 e. The van der Waals surface area contributed by atoms with Crippen molar-refractivity contribution in [3.8, 4) is 0 Å². The van der Waals surface area contributed by atoms with E-state index in [1.54, 1.807) is 21.6 Å². The molecule has 3 fully saturated rings. The van der Waals surface area contributed by atoms with E-state index in [2.05, 4.69) is 0 Å². The highest BCUT2D eigenvalue weighted by Crippen LogP contribution is 2.47. The van der Waals surface area contributed by atoms with Gasteiger partial charge in [0.2, 0.25) is 11.8 Å². The molecule has 3 aliphatic rings. The summed E-state index contributed by atoms with van der Waals surface area (Å²) in [6.45, 7) is 2.59. The third kappa shape index (κ3) is 2.22. The van der Waals surface area contributed by atoms with Gasteiger partial charge in [-0.2, -0.15) is 0 Å². The van der Waals surface area contributed by atoms with Crippen LogP contribution in [-0.4, -0.2) is 63.9 Å². The minimum absolute atomic E-state index is 0.0506. The van der Waals surface area contributed by atoms with E-state index in [0.29, 0.717) is 25.1 Å². The van der Waals surface area contributed by atoms with E-state index in [9.17, 15) is 14.4 Å². The highest BCUT2D eigenvalue weighted by atomic mass is 32.2. The van der Waals surface area contributed by atoms with Crippen molar-refractivity contribution in [2.75, 3.05) is 19.4 Å². The lowest BCUT2D eigenvalue weighted by molar-refractivity contribution is -0.153. The number of hydrogen-bond donors (Lipinski definition) is 0. The number of amides is 2. The van der Waals surface area contributed by atoms with Gasteiger partial charge in [0.15, 0.2) is 0 Å². The van der Waals surface area contributed by atoms with Crippen LogP contribution in [-0.2, 0) is 19.1 Å². The van der Waals surface area contributed by atoms with Crippen LogP contribution < -0.4 is 0 Å². The topological polar surface area (TPSA) is 66.9 Å². The van der Waals surface area contributed by atoms with Gasteiger partial charge in [-0.05, 0) is 26.2 Å². The summed E-state index contributed by atoms with van der Waals surface area (Å²) in [6, 6.07) is -0.919. The van der Waals surface area contributed by atoms with Gasteiger partial charge in [0.25, 0.3) is 0 Å². The highest BCUT2D eigenvalue weighted by molar-refractivity contribution is 8.01. The fourth-order valence-electron chi connectivity index (χ4n) is 3.61. The van der Waals surface area contributed by atoms with Crippen LogP contribution in [0.15, 0.2) is 0 Å². The molecule has 21 heavy (non-hydrogen) atoms. The second-order valence-electron chi connectivity index (χ2n) is 5.98. The smallest absolute Gasteiger partial charge is 0.328 e. The maximum Gasteiger partial charge on any atom is 0.328 e. The number of ether oxygens (including phenoxy) is 1. The van der Waals surface area contributed by atoms with Gasteiger partial charge in [0.1, 0.15) is 12.1 Å². The molecule has 6 nitrogen and oxygen atoms in total. The van der Waals surface area contributed by atoms with Crippen molar-refractivity contribution >= 4 is 29.5 Å². The lowest BCUT2D eigenvalue weighted by Crippen LogP contribution is -2.53. The summed E-state index contributed by atoms with van der Waals surface area (Å²) in [4.78, 5) is 39.8. The molecule has 0 aromatic carbocycles. The van der Waals surface area contributed by atoms with E-state index in [4.69, 9.17) is 4.74 Å². The summed E-state index contributed by atoms with van der Waals surface area (Å²) in [5.41, 5.74) is 0. The summed E-state index contributed by atoms with van der Waals surface area (Å²) < 4.78 is 4.79. The SMILES string of the molecule is COC(=O)C1CCCN1C(=O)C1CSC2(C)CCC(=O)N12. The Balaban J connectivity index is 1.79. The summed E-state index contributed by atoms with van der Waals surface area (Å²) in [7, 11) is 1.34. The Bertz CT molecular complexity index is 497. The number of methoxy groups -OCH3 is 1. The molecule has 7 heteroatoms. The summed E-state index contributed by atoms with van der Waals surface area (Å²) in [5.74, 6) is 0.205. The van der Waals surface area contributed by atoms with Crippen molar-refractivity contribution in [2.45, 2.75) is 49.6 Å². The van der Waals surface area contributed by atoms with E-state index in [-0.39, 0.29) is 22.7 Å². The predicted octanol–water partition coefficient (Wildman–Crippen LogP) is 0.604. The number of rotatable bonds is 2. The third-order valence-electron chi connectivity index (χ3n) is 4.74. The molecule has 0 N–H and O–H groups in total. The normalized spacial score (nSPS) is 35.2. The van der Waals surface area contributed by atoms with Gasteiger partial charge in [-0.25, -0.2) is 4.79 Å². The van der Waals surface area contributed by atoms with E-state index >= 15 is 0 Å². The Labute approximate surface area is 128 Å². The molecule has 0 aliphatic carbocycles. The first-order chi connectivity index (χ1) is 9.98. The molecule has 2 amide bonds. The zero-order chi connectivity index (χ0) is 15.2. The summed E-state index contributed by atoms with van der Waals surface area (Å²) in [6.07, 6.45) is 2.74. The molecular formula is C14H20N2O4S. The van der Waals surface area contributed by atoms with Gasteiger partial charge >= 0.3 is 5.97 Å². The number of hydrogen-bond acceptors (Lipinski definition) is 5. The standard InChI is InChI=1S/C14H20N2O4S/c1-14-6-5-11(17)16(14)10(8-21-14)12(18)15-7-3-4-9(15)13(19)20-2/h9-10H,3-8H2,1-2H3. The highest BCUT2D eigenvalue weighted by Gasteiger charge is 2.54. The molecule has 116 valence electrons. The van der Waals surface area contributed by atoms with E-state index in [1.807, 2.05) is 6.92 Å². The average molecular weight is 312 g/mol. The Morgan fingerprint density at radius 1 is 1.38 bits per heavy atom. The van der Waals surface area contributed by atoms with Gasteiger partial charge in [-0.3, -0.25) is 9.59 Å². The lowest BCUT2D eigenvalue weighted by Gasteiger charge is -2.33. The second kappa shape index (κ2) is 5.19. The summed E-state index contributed by atoms with van der Waals surface area (Å²) in [5, 5.41) is 0. The Hall–Kier alpha value is -1.24. The van der Waals surface area contributed by atoms with E-state index < -0.39 is 12.1 Å². The fourth-order valence-corrected chi connectivity index (χ4v) is 5.03. The number of nitrogens with zero attached hydrogens (tertiary/aromatic N) is 2. The van der Waals surface area contributed by atoms with E-state index in [1.165, 1.54) is 7.11 Å². The minimum Gasteiger partial charge on any atom is -0.467 e. The number of likely N-dealkylation sites (tertiary alicyclic amines) is 1. The Morgan fingerprint density at radius 3 is 2.86 bits per heavy atom. The minimum atomic E-state index is -0.489. The molecule has 3 atom stereocenters. The van der Waals surface area contributed by atoms with Crippen LogP contribution in [0.25, 0.3) is 0 Å². The van der Waals surface area contributed by atoms with Crippen LogP contribution in [0.4, 0.5) is 0 Å². The molecular weight excluding hydrogens is 292 g/mol. The number of esters is 1. The maximum absolute atomic E-state index is 12.8. The zero-order valence-corrected chi connectivity index (χ0v) is 13.1. The monoisotopic (exact) mass is 312 g/mol. The van der Waals surface area contributed by atoms with Gasteiger partial charge in [0, 0.05) is 18.7 Å². The number of carbonyl (C=O) groups is 3. The van der Waals surface area contributed by atoms with Crippen molar-refractivity contribution in [1.82, 2.24) is 9.80 Å². The number of fused-ring (bicyclic) bond motifs is 1. The van der Waals surface area contributed by atoms with Gasteiger partial charge in [0.05, 0.1) is 12.0 Å². The lowest BCUT2D eigenvalue weighted by atomic mass is 10.1. The second-order valence-corrected chi connectivity index (χ2v) is 7.48. The first-order valence-corrected chi connectivity index (χ1v) is 8.31. The van der Waals surface area contributed by atoms with Crippen LogP contribution in [0.2, 0.25) is 0 Å². The van der Waals surface area contributed by atoms with Crippen molar-refractivity contribution in [3.63, 3.8) is 0 Å². The van der Waals surface area contributed by atoms with Crippen LogP contribution in [0, 0.1) is 0 Å². The molecule has 3 aliphatic heterocycles. The molecule has 3 saturated heterocycles. The van der Waals surface area contributed by atoms with Crippen molar-refractivity contribution < 1.29 is 19.1 Å². The zero-order valence-electron chi connectivity index (χ0n) is 12.3. The van der Waals surface area contributed by atoms with Crippen molar-refractivity contribution in [1.29, 1.82) is 0 Å². The molecule has 0 radical (unpaired) electrons. The van der Waals surface area contributed by atoms with Gasteiger partial charge < -0.3 is 14.5 Å². The number of thioether (sulfide) groups is 1. The molecule has 3 heterocycles. The first-order valence-electron chi connectivity index (χ1n) is 7.32. The van der Waals surface area contributed by atoms with Crippen LogP contribution in [0.1, 0.15) is 32.6 Å². The molecule has 3 unspecified atom stereocenters. The Kier molecular flexibility index (Phi) is 3.63. The van der Waals surface area contributed by atoms with Crippen LogP contribution in [0.3, 0.4) is 0 Å². The predicted molar refractivity (Wildman–Crippen MR) is 77.5 cm³/mol. The quantitative estimate of drug-likeness (QED) is 0.699. The molecule has 0 spiro atoms. The van der Waals surface area contributed by atoms with Crippen LogP contribution >= 0.6 is 11.8 Å². The molecule has 0 aromatic heterocycles. The van der Waals surface area contributed by atoms with Crippen LogP contribution in [0.5, 0.6) is 0 Å². The average Bonchev–Trinajstić information content (AvgIpc) is 3.14. The molecule has 3 rings (SSSR count). The molecule has 0 saturated carbocycles. The van der Waals surface area contributed by atoms with Gasteiger partial charge in [-0.1, -0.05) is 0 Å². The van der Waals surface area contributed by atoms with Gasteiger partial charge in [-0.15, -0.1) is 11.8 Å². The third-order valence-corrected chi connectivity index (χ3v) is 6.24. The van der Waals surface area contributed by atoms with Crippen molar-refractivity contribution in [3.05, 3.63) is 0 Å². The van der Waals surface area contributed by atoms with Crippen molar-refractivity contribution in [2.24, 2.45) is 0 Å². The first kappa shape index (κ1) is 14.7. The van der Waals surface area contributed by atoms with E-state index in [0.717, 1.165) is 12.8 Å². The molecule has 0 bridgehead atoms. The maximum atomic E-state index is 12.8. The Morgan fingerprint density at radius 2 is 2.14 bits per heavy atom. The fraction of sp³-hybridized carbons (Fsp3) is 0.786.